The quantitative estimate of drug-likeness (QED) is 0.834. The summed E-state index contributed by atoms with van der Waals surface area (Å²) in [6, 6.07) is 6.90. The summed E-state index contributed by atoms with van der Waals surface area (Å²) >= 11 is 0. The van der Waals surface area contributed by atoms with Crippen molar-refractivity contribution in [3.63, 3.8) is 0 Å². The molecule has 0 aromatic heterocycles. The van der Waals surface area contributed by atoms with Crippen LogP contribution in [0, 0.1) is 0 Å². The predicted octanol–water partition coefficient (Wildman–Crippen LogP) is 1.78. The average molecular weight is 235 g/mol. The Balaban J connectivity index is 1.88. The van der Waals surface area contributed by atoms with Gasteiger partial charge in [-0.05, 0) is 37.0 Å². The van der Waals surface area contributed by atoms with E-state index < -0.39 is 5.97 Å². The van der Waals surface area contributed by atoms with Gasteiger partial charge in [-0.2, -0.15) is 0 Å². The Morgan fingerprint density at radius 1 is 1.35 bits per heavy atom. The molecule has 4 nitrogen and oxygen atoms in total. The lowest BCUT2D eigenvalue weighted by Crippen LogP contribution is -2.31. The predicted molar refractivity (Wildman–Crippen MR) is 63.8 cm³/mol. The van der Waals surface area contributed by atoms with Crippen LogP contribution in [0.3, 0.4) is 0 Å². The average Bonchev–Trinajstić information content (AvgIpc) is 2.73. The highest BCUT2D eigenvalue weighted by Gasteiger charge is 2.24. The van der Waals surface area contributed by atoms with Gasteiger partial charge in [0.05, 0.1) is 18.3 Å². The molecule has 4 heteroatoms. The van der Waals surface area contributed by atoms with Crippen molar-refractivity contribution >= 4 is 5.97 Å². The number of benzene rings is 1. The second-order valence-electron chi connectivity index (χ2n) is 4.45. The van der Waals surface area contributed by atoms with E-state index in [1.165, 1.54) is 0 Å². The molecule has 0 bridgehead atoms. The molecule has 0 spiro atoms. The SMILES string of the molecule is NC1CCCC1OCc1ccc(C(=O)O)cc1. The van der Waals surface area contributed by atoms with Gasteiger partial charge in [0.15, 0.2) is 0 Å². The number of nitrogens with two attached hydrogens (primary N) is 1. The molecule has 1 aromatic rings. The zero-order valence-electron chi connectivity index (χ0n) is 9.63. The van der Waals surface area contributed by atoms with Crippen molar-refractivity contribution in [2.45, 2.75) is 38.0 Å². The molecule has 3 N–H and O–H groups in total. The fourth-order valence-electron chi connectivity index (χ4n) is 2.11. The van der Waals surface area contributed by atoms with E-state index in [0.717, 1.165) is 24.8 Å². The highest BCUT2D eigenvalue weighted by molar-refractivity contribution is 5.87. The summed E-state index contributed by atoms with van der Waals surface area (Å²) in [5, 5.41) is 8.77. The third-order valence-corrected chi connectivity index (χ3v) is 3.17. The third kappa shape index (κ3) is 3.05. The van der Waals surface area contributed by atoms with E-state index in [1.807, 2.05) is 0 Å². The molecule has 0 saturated heterocycles. The Bertz CT molecular complexity index is 388. The molecule has 2 unspecified atom stereocenters. The Morgan fingerprint density at radius 3 is 2.59 bits per heavy atom. The van der Waals surface area contributed by atoms with Crippen molar-refractivity contribution in [1.29, 1.82) is 0 Å². The maximum Gasteiger partial charge on any atom is 0.335 e. The number of aromatic carboxylic acids is 1. The monoisotopic (exact) mass is 235 g/mol. The zero-order valence-corrected chi connectivity index (χ0v) is 9.63. The normalized spacial score (nSPS) is 23.8. The first-order valence-corrected chi connectivity index (χ1v) is 5.86. The van der Waals surface area contributed by atoms with Crippen molar-refractivity contribution in [2.24, 2.45) is 5.73 Å². The molecular weight excluding hydrogens is 218 g/mol. The molecule has 2 rings (SSSR count). The summed E-state index contributed by atoms with van der Waals surface area (Å²) in [7, 11) is 0. The lowest BCUT2D eigenvalue weighted by Gasteiger charge is -2.16. The molecule has 1 saturated carbocycles. The summed E-state index contributed by atoms with van der Waals surface area (Å²) in [5.41, 5.74) is 7.18. The van der Waals surface area contributed by atoms with Crippen LogP contribution in [-0.4, -0.2) is 23.2 Å². The van der Waals surface area contributed by atoms with E-state index in [9.17, 15) is 4.79 Å². The van der Waals surface area contributed by atoms with Crippen LogP contribution in [0.2, 0.25) is 0 Å². The smallest absolute Gasteiger partial charge is 0.335 e. The molecule has 1 aromatic carbocycles. The minimum atomic E-state index is -0.907. The van der Waals surface area contributed by atoms with Crippen LogP contribution in [0.1, 0.15) is 35.2 Å². The van der Waals surface area contributed by atoms with Crippen molar-refractivity contribution in [2.75, 3.05) is 0 Å². The Kier molecular flexibility index (Phi) is 3.76. The topological polar surface area (TPSA) is 72.5 Å². The summed E-state index contributed by atoms with van der Waals surface area (Å²) in [6.45, 7) is 0.498. The first-order chi connectivity index (χ1) is 8.16. The van der Waals surface area contributed by atoms with Gasteiger partial charge in [-0.25, -0.2) is 4.79 Å². The molecule has 0 amide bonds. The molecule has 92 valence electrons. The fourth-order valence-corrected chi connectivity index (χ4v) is 2.11. The number of ether oxygens (including phenoxy) is 1. The first-order valence-electron chi connectivity index (χ1n) is 5.86. The van der Waals surface area contributed by atoms with Gasteiger partial charge >= 0.3 is 5.97 Å². The van der Waals surface area contributed by atoms with Crippen LogP contribution in [-0.2, 0) is 11.3 Å². The van der Waals surface area contributed by atoms with Gasteiger partial charge in [0.25, 0.3) is 0 Å². The van der Waals surface area contributed by atoms with Crippen molar-refractivity contribution < 1.29 is 14.6 Å². The first kappa shape index (κ1) is 12.1. The standard InChI is InChI=1S/C13H17NO3/c14-11-2-1-3-12(11)17-8-9-4-6-10(7-5-9)13(15)16/h4-7,11-12H,1-3,8,14H2,(H,15,16). The van der Waals surface area contributed by atoms with E-state index in [0.29, 0.717) is 12.2 Å². The van der Waals surface area contributed by atoms with Gasteiger partial charge in [0, 0.05) is 6.04 Å². The molecule has 0 heterocycles. The van der Waals surface area contributed by atoms with E-state index in [2.05, 4.69) is 0 Å². The van der Waals surface area contributed by atoms with Crippen molar-refractivity contribution in [3.8, 4) is 0 Å². The molecule has 0 aliphatic heterocycles. The number of rotatable bonds is 4. The Morgan fingerprint density at radius 2 is 2.06 bits per heavy atom. The van der Waals surface area contributed by atoms with E-state index >= 15 is 0 Å². The minimum Gasteiger partial charge on any atom is -0.478 e. The maximum absolute atomic E-state index is 10.7. The van der Waals surface area contributed by atoms with Crippen molar-refractivity contribution in [1.82, 2.24) is 0 Å². The van der Waals surface area contributed by atoms with E-state index in [-0.39, 0.29) is 12.1 Å². The van der Waals surface area contributed by atoms with Crippen LogP contribution in [0.15, 0.2) is 24.3 Å². The Labute approximate surface area is 100 Å². The second kappa shape index (κ2) is 5.29. The van der Waals surface area contributed by atoms with E-state index in [4.69, 9.17) is 15.6 Å². The lowest BCUT2D eigenvalue weighted by molar-refractivity contribution is 0.0357. The van der Waals surface area contributed by atoms with Crippen LogP contribution in [0.4, 0.5) is 0 Å². The van der Waals surface area contributed by atoms with Gasteiger partial charge in [-0.15, -0.1) is 0 Å². The summed E-state index contributed by atoms with van der Waals surface area (Å²) < 4.78 is 5.73. The highest BCUT2D eigenvalue weighted by atomic mass is 16.5. The van der Waals surface area contributed by atoms with E-state index in [1.54, 1.807) is 24.3 Å². The largest absolute Gasteiger partial charge is 0.478 e. The molecule has 1 aliphatic rings. The minimum absolute atomic E-state index is 0.147. The van der Waals surface area contributed by atoms with Crippen LogP contribution < -0.4 is 5.73 Å². The molecule has 1 fully saturated rings. The maximum atomic E-state index is 10.7. The lowest BCUT2D eigenvalue weighted by atomic mass is 10.1. The molecule has 17 heavy (non-hydrogen) atoms. The van der Waals surface area contributed by atoms with Crippen LogP contribution in [0.5, 0.6) is 0 Å². The fraction of sp³-hybridized carbons (Fsp3) is 0.462. The molecular formula is C13H17NO3. The number of carbonyl (C=O) groups is 1. The highest BCUT2D eigenvalue weighted by Crippen LogP contribution is 2.21. The van der Waals surface area contributed by atoms with Gasteiger partial charge in [0.2, 0.25) is 0 Å². The second-order valence-corrected chi connectivity index (χ2v) is 4.45. The number of carboxylic acid groups (broad SMARTS) is 1. The molecule has 0 radical (unpaired) electrons. The van der Waals surface area contributed by atoms with Gasteiger partial charge < -0.3 is 15.6 Å². The van der Waals surface area contributed by atoms with Crippen LogP contribution in [0.25, 0.3) is 0 Å². The summed E-state index contributed by atoms with van der Waals surface area (Å²) in [4.78, 5) is 10.7. The van der Waals surface area contributed by atoms with Gasteiger partial charge in [-0.3, -0.25) is 0 Å². The zero-order chi connectivity index (χ0) is 12.3. The third-order valence-electron chi connectivity index (χ3n) is 3.17. The van der Waals surface area contributed by atoms with Gasteiger partial charge in [0.1, 0.15) is 0 Å². The summed E-state index contributed by atoms with van der Waals surface area (Å²) in [5.74, 6) is -0.907. The van der Waals surface area contributed by atoms with Crippen molar-refractivity contribution in [3.05, 3.63) is 35.4 Å². The number of carboxylic acids is 1. The number of hydrogen-bond donors (Lipinski definition) is 2. The van der Waals surface area contributed by atoms with Gasteiger partial charge in [-0.1, -0.05) is 12.1 Å². The van der Waals surface area contributed by atoms with Crippen LogP contribution >= 0.6 is 0 Å². The number of hydrogen-bond acceptors (Lipinski definition) is 3. The molecule has 2 atom stereocenters. The molecule has 1 aliphatic carbocycles. The Hall–Kier alpha value is -1.39. The summed E-state index contributed by atoms with van der Waals surface area (Å²) in [6.07, 6.45) is 3.33.